The first-order chi connectivity index (χ1) is 17.0. The molecule has 35 heavy (non-hydrogen) atoms. The molecular formula is C27H31N3O3S2. The molecule has 0 aliphatic heterocycles. The minimum Gasteiger partial charge on any atom is -0.497 e. The Kier molecular flexibility index (Phi) is 8.38. The lowest BCUT2D eigenvalue weighted by atomic mass is 10.1. The Morgan fingerprint density at radius 1 is 1.03 bits per heavy atom. The zero-order valence-corrected chi connectivity index (χ0v) is 21.7. The van der Waals surface area contributed by atoms with Gasteiger partial charge in [-0.2, -0.15) is 0 Å². The number of aromatic amines is 1. The molecule has 2 aromatic carbocycles. The number of unbranched alkanes of at least 4 members (excludes halogenated alkanes) is 2. The third kappa shape index (κ3) is 6.39. The van der Waals surface area contributed by atoms with Crippen LogP contribution < -0.4 is 9.46 Å². The number of rotatable bonds is 12. The summed E-state index contributed by atoms with van der Waals surface area (Å²) in [6.45, 7) is 2.43. The van der Waals surface area contributed by atoms with Crippen LogP contribution in [0.2, 0.25) is 0 Å². The van der Waals surface area contributed by atoms with Gasteiger partial charge in [0.1, 0.15) is 11.6 Å². The molecule has 4 rings (SSSR count). The fourth-order valence-electron chi connectivity index (χ4n) is 3.94. The summed E-state index contributed by atoms with van der Waals surface area (Å²) >= 11 is 1.60. The Bertz CT molecular complexity index is 1330. The number of aryl methyl sites for hydroxylation is 1. The van der Waals surface area contributed by atoms with Gasteiger partial charge in [-0.3, -0.25) is 0 Å². The van der Waals surface area contributed by atoms with Crippen molar-refractivity contribution in [2.45, 2.75) is 43.9 Å². The van der Waals surface area contributed by atoms with Crippen molar-refractivity contribution in [3.8, 4) is 27.7 Å². The van der Waals surface area contributed by atoms with Gasteiger partial charge >= 0.3 is 0 Å². The fourth-order valence-corrected chi connectivity index (χ4v) is 5.64. The SMILES string of the molecule is CCCCCc1ccc(S(=O)(=O)NCCc2[nH]c(-c3cccs3)nc2-c2cccc(OC)c2)cc1. The number of sulfonamides is 1. The average molecular weight is 510 g/mol. The van der Waals surface area contributed by atoms with Crippen LogP contribution in [0.3, 0.4) is 0 Å². The van der Waals surface area contributed by atoms with E-state index in [1.165, 1.54) is 18.4 Å². The lowest BCUT2D eigenvalue weighted by Crippen LogP contribution is -2.26. The molecule has 2 N–H and O–H groups in total. The number of benzene rings is 2. The van der Waals surface area contributed by atoms with Gasteiger partial charge in [0, 0.05) is 24.2 Å². The maximum atomic E-state index is 12.9. The van der Waals surface area contributed by atoms with Crippen molar-refractivity contribution in [1.29, 1.82) is 0 Å². The first kappa shape index (κ1) is 25.2. The maximum absolute atomic E-state index is 12.9. The van der Waals surface area contributed by atoms with Crippen molar-refractivity contribution in [3.05, 3.63) is 77.3 Å². The quantitative estimate of drug-likeness (QED) is 0.227. The van der Waals surface area contributed by atoms with Crippen molar-refractivity contribution >= 4 is 21.4 Å². The Morgan fingerprint density at radius 3 is 2.57 bits per heavy atom. The van der Waals surface area contributed by atoms with Crippen LogP contribution in [-0.2, 0) is 22.9 Å². The van der Waals surface area contributed by atoms with Crippen LogP contribution in [0, 0.1) is 0 Å². The number of methoxy groups -OCH3 is 1. The van der Waals surface area contributed by atoms with E-state index in [2.05, 4.69) is 16.6 Å². The van der Waals surface area contributed by atoms with Crippen LogP contribution in [0.15, 0.2) is 70.9 Å². The van der Waals surface area contributed by atoms with Crippen LogP contribution in [-0.4, -0.2) is 32.0 Å². The number of ether oxygens (including phenoxy) is 1. The highest BCUT2D eigenvalue weighted by atomic mass is 32.2. The second kappa shape index (κ2) is 11.7. The van der Waals surface area contributed by atoms with Crippen LogP contribution in [0.5, 0.6) is 5.75 Å². The normalized spacial score (nSPS) is 11.6. The summed E-state index contributed by atoms with van der Waals surface area (Å²) in [5.41, 5.74) is 3.75. The van der Waals surface area contributed by atoms with Gasteiger partial charge in [0.25, 0.3) is 0 Å². The molecule has 0 aliphatic rings. The van der Waals surface area contributed by atoms with E-state index >= 15 is 0 Å². The van der Waals surface area contributed by atoms with E-state index in [1.807, 2.05) is 53.9 Å². The van der Waals surface area contributed by atoms with E-state index in [4.69, 9.17) is 9.72 Å². The van der Waals surface area contributed by atoms with Gasteiger partial charge in [0.2, 0.25) is 10.0 Å². The molecule has 6 nitrogen and oxygen atoms in total. The number of H-pyrrole nitrogens is 1. The van der Waals surface area contributed by atoms with Crippen LogP contribution in [0.25, 0.3) is 22.0 Å². The molecule has 0 saturated carbocycles. The van der Waals surface area contributed by atoms with Gasteiger partial charge in [0.15, 0.2) is 0 Å². The van der Waals surface area contributed by atoms with Crippen LogP contribution in [0.1, 0.15) is 37.4 Å². The Balaban J connectivity index is 1.48. The molecule has 0 fully saturated rings. The van der Waals surface area contributed by atoms with Crippen molar-refractivity contribution < 1.29 is 13.2 Å². The van der Waals surface area contributed by atoms with Gasteiger partial charge in [0.05, 0.1) is 22.6 Å². The number of thiophene rings is 1. The summed E-state index contributed by atoms with van der Waals surface area (Å²) in [5, 5.41) is 2.01. The highest BCUT2D eigenvalue weighted by molar-refractivity contribution is 7.89. The predicted molar refractivity (Wildman–Crippen MR) is 142 cm³/mol. The number of nitrogens with zero attached hydrogens (tertiary/aromatic N) is 1. The van der Waals surface area contributed by atoms with Crippen molar-refractivity contribution in [2.24, 2.45) is 0 Å². The second-order valence-corrected chi connectivity index (χ2v) is 11.1. The summed E-state index contributed by atoms with van der Waals surface area (Å²) in [6, 6.07) is 18.9. The van der Waals surface area contributed by atoms with Gasteiger partial charge in [-0.25, -0.2) is 18.1 Å². The molecule has 2 aromatic heterocycles. The first-order valence-electron chi connectivity index (χ1n) is 11.9. The summed E-state index contributed by atoms with van der Waals surface area (Å²) in [4.78, 5) is 9.55. The average Bonchev–Trinajstić information content (AvgIpc) is 3.55. The molecule has 0 atom stereocenters. The van der Waals surface area contributed by atoms with Crippen molar-refractivity contribution in [2.75, 3.05) is 13.7 Å². The second-order valence-electron chi connectivity index (χ2n) is 8.37. The van der Waals surface area contributed by atoms with Crippen LogP contribution in [0.4, 0.5) is 0 Å². The zero-order chi connectivity index (χ0) is 24.7. The monoisotopic (exact) mass is 509 g/mol. The Morgan fingerprint density at radius 2 is 1.86 bits per heavy atom. The minimum atomic E-state index is -3.60. The van der Waals surface area contributed by atoms with E-state index in [1.54, 1.807) is 30.6 Å². The number of imidazole rings is 1. The molecular weight excluding hydrogens is 478 g/mol. The molecule has 4 aromatic rings. The number of nitrogens with one attached hydrogen (secondary N) is 2. The van der Waals surface area contributed by atoms with E-state index in [0.29, 0.717) is 6.42 Å². The fraction of sp³-hybridized carbons (Fsp3) is 0.296. The first-order valence-corrected chi connectivity index (χ1v) is 14.2. The number of aromatic nitrogens is 2. The topological polar surface area (TPSA) is 84.1 Å². The van der Waals surface area contributed by atoms with Gasteiger partial charge in [-0.05, 0) is 54.1 Å². The molecule has 0 radical (unpaired) electrons. The summed E-state index contributed by atoms with van der Waals surface area (Å²) in [5.74, 6) is 1.52. The largest absolute Gasteiger partial charge is 0.497 e. The summed E-state index contributed by atoms with van der Waals surface area (Å²) in [6.07, 6.45) is 4.91. The minimum absolute atomic E-state index is 0.254. The van der Waals surface area contributed by atoms with E-state index in [-0.39, 0.29) is 11.4 Å². The lowest BCUT2D eigenvalue weighted by Gasteiger charge is -2.09. The predicted octanol–water partition coefficient (Wildman–Crippen LogP) is 6.07. The third-order valence-electron chi connectivity index (χ3n) is 5.85. The number of hydrogen-bond acceptors (Lipinski definition) is 5. The Hall–Kier alpha value is -2.94. The Labute approximate surface area is 211 Å². The number of hydrogen-bond donors (Lipinski definition) is 2. The van der Waals surface area contributed by atoms with Gasteiger partial charge in [-0.1, -0.05) is 50.1 Å². The highest BCUT2D eigenvalue weighted by Gasteiger charge is 2.17. The smallest absolute Gasteiger partial charge is 0.240 e. The summed E-state index contributed by atoms with van der Waals surface area (Å²) in [7, 11) is -1.97. The molecule has 0 amide bonds. The molecule has 0 spiro atoms. The molecule has 0 saturated heterocycles. The molecule has 0 aliphatic carbocycles. The molecule has 0 bridgehead atoms. The molecule has 0 unspecified atom stereocenters. The zero-order valence-electron chi connectivity index (χ0n) is 20.1. The van der Waals surface area contributed by atoms with Gasteiger partial charge in [-0.15, -0.1) is 11.3 Å². The highest BCUT2D eigenvalue weighted by Crippen LogP contribution is 2.30. The molecule has 184 valence electrons. The molecule has 8 heteroatoms. The maximum Gasteiger partial charge on any atom is 0.240 e. The van der Waals surface area contributed by atoms with E-state index in [9.17, 15) is 8.42 Å². The molecule has 2 heterocycles. The third-order valence-corrected chi connectivity index (χ3v) is 8.20. The standard InChI is InChI=1S/C27H31N3O3S2/c1-3-4-5-8-20-12-14-23(15-13-20)35(31,32)28-17-16-24-26(21-9-6-10-22(19-21)33-2)30-27(29-24)25-11-7-18-34-25/h6-7,9-15,18-19,28H,3-5,8,16-17H2,1-2H3,(H,29,30). The van der Waals surface area contributed by atoms with Crippen molar-refractivity contribution in [3.63, 3.8) is 0 Å². The van der Waals surface area contributed by atoms with Gasteiger partial charge < -0.3 is 9.72 Å². The summed E-state index contributed by atoms with van der Waals surface area (Å²) < 4.78 is 33.9. The van der Waals surface area contributed by atoms with Crippen LogP contribution >= 0.6 is 11.3 Å². The lowest BCUT2D eigenvalue weighted by molar-refractivity contribution is 0.415. The van der Waals surface area contributed by atoms with E-state index < -0.39 is 10.0 Å². The van der Waals surface area contributed by atoms with Crippen molar-refractivity contribution in [1.82, 2.24) is 14.7 Å². The van der Waals surface area contributed by atoms with E-state index in [0.717, 1.165) is 46.2 Å².